The number of hydrogen-bond donors (Lipinski definition) is 0. The molecule has 0 aromatic carbocycles. The summed E-state index contributed by atoms with van der Waals surface area (Å²) in [6.45, 7) is 4.22. The molecule has 1 aliphatic carbocycles. The van der Waals surface area contributed by atoms with Gasteiger partial charge >= 0.3 is 0 Å². The molecule has 0 saturated carbocycles. The second-order valence-corrected chi connectivity index (χ2v) is 4.95. The SMILES string of the molecule is CC(C)c1c(C#N)c(Cl)nc2c1CCCC2. The second kappa shape index (κ2) is 4.43. The summed E-state index contributed by atoms with van der Waals surface area (Å²) >= 11 is 6.08. The molecule has 1 aliphatic rings. The molecule has 0 saturated heterocycles. The molecule has 1 heterocycles. The summed E-state index contributed by atoms with van der Waals surface area (Å²) in [6, 6.07) is 2.20. The molecule has 0 amide bonds. The Labute approximate surface area is 101 Å². The molecule has 1 aromatic rings. The molecule has 0 unspecified atom stereocenters. The van der Waals surface area contributed by atoms with Crippen LogP contribution < -0.4 is 0 Å². The first kappa shape index (κ1) is 11.4. The van der Waals surface area contributed by atoms with Crippen molar-refractivity contribution in [2.24, 2.45) is 0 Å². The maximum Gasteiger partial charge on any atom is 0.147 e. The second-order valence-electron chi connectivity index (χ2n) is 4.59. The van der Waals surface area contributed by atoms with Crippen molar-refractivity contribution in [2.45, 2.75) is 45.4 Å². The smallest absolute Gasteiger partial charge is 0.147 e. The number of aromatic nitrogens is 1. The number of pyridine rings is 1. The minimum absolute atomic E-state index is 0.335. The van der Waals surface area contributed by atoms with Crippen molar-refractivity contribution in [1.29, 1.82) is 5.26 Å². The van der Waals surface area contributed by atoms with Crippen molar-refractivity contribution in [3.63, 3.8) is 0 Å². The van der Waals surface area contributed by atoms with E-state index >= 15 is 0 Å². The van der Waals surface area contributed by atoms with Crippen LogP contribution in [0.5, 0.6) is 0 Å². The number of nitrogens with zero attached hydrogens (tertiary/aromatic N) is 2. The van der Waals surface area contributed by atoms with E-state index in [4.69, 9.17) is 11.6 Å². The van der Waals surface area contributed by atoms with Crippen molar-refractivity contribution in [3.8, 4) is 6.07 Å². The Kier molecular flexibility index (Phi) is 3.16. The van der Waals surface area contributed by atoms with Gasteiger partial charge in [0.2, 0.25) is 0 Å². The van der Waals surface area contributed by atoms with Crippen molar-refractivity contribution in [1.82, 2.24) is 4.98 Å². The van der Waals surface area contributed by atoms with Crippen LogP contribution in [0.15, 0.2) is 0 Å². The lowest BCUT2D eigenvalue weighted by atomic mass is 9.85. The van der Waals surface area contributed by atoms with E-state index in [-0.39, 0.29) is 0 Å². The molecule has 0 fully saturated rings. The van der Waals surface area contributed by atoms with E-state index < -0.39 is 0 Å². The first-order valence-corrected chi connectivity index (χ1v) is 6.14. The van der Waals surface area contributed by atoms with Gasteiger partial charge in [-0.1, -0.05) is 25.4 Å². The fourth-order valence-electron chi connectivity index (χ4n) is 2.48. The van der Waals surface area contributed by atoms with Gasteiger partial charge < -0.3 is 0 Å². The van der Waals surface area contributed by atoms with Crippen LogP contribution in [0.4, 0.5) is 0 Å². The molecule has 0 radical (unpaired) electrons. The lowest BCUT2D eigenvalue weighted by Gasteiger charge is -2.22. The number of rotatable bonds is 1. The number of nitriles is 1. The fraction of sp³-hybridized carbons (Fsp3) is 0.538. The molecule has 3 heteroatoms. The number of hydrogen-bond acceptors (Lipinski definition) is 2. The van der Waals surface area contributed by atoms with Gasteiger partial charge in [-0.05, 0) is 42.7 Å². The molecule has 1 aromatic heterocycles. The van der Waals surface area contributed by atoms with Gasteiger partial charge in [-0.25, -0.2) is 4.98 Å². The highest BCUT2D eigenvalue weighted by molar-refractivity contribution is 6.30. The van der Waals surface area contributed by atoms with Crippen molar-refractivity contribution < 1.29 is 0 Å². The quantitative estimate of drug-likeness (QED) is 0.696. The predicted molar refractivity (Wildman–Crippen MR) is 64.7 cm³/mol. The Balaban J connectivity index is 2.70. The zero-order valence-electron chi connectivity index (χ0n) is 9.68. The molecule has 2 nitrogen and oxygen atoms in total. The normalized spacial score (nSPS) is 14.7. The molecule has 0 aliphatic heterocycles. The van der Waals surface area contributed by atoms with Crippen LogP contribution in [0, 0.1) is 11.3 Å². The number of aryl methyl sites for hydroxylation is 1. The summed E-state index contributed by atoms with van der Waals surface area (Å²) in [5.41, 5.74) is 4.09. The third kappa shape index (κ3) is 1.81. The maximum atomic E-state index is 9.18. The molecule has 0 spiro atoms. The summed E-state index contributed by atoms with van der Waals surface area (Å²) in [6.07, 6.45) is 4.42. The van der Waals surface area contributed by atoms with E-state index in [0.717, 1.165) is 24.1 Å². The monoisotopic (exact) mass is 234 g/mol. The molecule has 0 bridgehead atoms. The minimum Gasteiger partial charge on any atom is -0.239 e. The Hall–Kier alpha value is -1.07. The Bertz CT molecular complexity index is 458. The zero-order chi connectivity index (χ0) is 11.7. The summed E-state index contributed by atoms with van der Waals surface area (Å²) in [5, 5.41) is 9.56. The van der Waals surface area contributed by atoms with Crippen LogP contribution in [0.25, 0.3) is 0 Å². The molecule has 2 rings (SSSR count). The molecule has 0 atom stereocenters. The summed E-state index contributed by atoms with van der Waals surface area (Å²) in [4.78, 5) is 4.37. The lowest BCUT2D eigenvalue weighted by Crippen LogP contribution is -2.12. The van der Waals surface area contributed by atoms with Gasteiger partial charge in [-0.15, -0.1) is 0 Å². The largest absolute Gasteiger partial charge is 0.239 e. The number of fused-ring (bicyclic) bond motifs is 1. The third-order valence-electron chi connectivity index (χ3n) is 3.16. The number of halogens is 1. The zero-order valence-corrected chi connectivity index (χ0v) is 10.4. The van der Waals surface area contributed by atoms with Gasteiger partial charge in [0.1, 0.15) is 11.2 Å². The van der Waals surface area contributed by atoms with Crippen LogP contribution >= 0.6 is 11.6 Å². The predicted octanol–water partition coefficient (Wildman–Crippen LogP) is 3.61. The lowest BCUT2D eigenvalue weighted by molar-refractivity contribution is 0.652. The van der Waals surface area contributed by atoms with Crippen molar-refractivity contribution in [2.75, 3.05) is 0 Å². The van der Waals surface area contributed by atoms with Crippen LogP contribution in [0.2, 0.25) is 5.15 Å². The van der Waals surface area contributed by atoms with Gasteiger partial charge in [0.05, 0.1) is 5.56 Å². The summed E-state index contributed by atoms with van der Waals surface area (Å²) in [5.74, 6) is 0.335. The van der Waals surface area contributed by atoms with E-state index in [9.17, 15) is 5.26 Å². The molecular weight excluding hydrogens is 220 g/mol. The molecule has 84 valence electrons. The van der Waals surface area contributed by atoms with Gasteiger partial charge in [-0.2, -0.15) is 5.26 Å². The van der Waals surface area contributed by atoms with Crippen LogP contribution in [0.1, 0.15) is 55.0 Å². The highest BCUT2D eigenvalue weighted by Crippen LogP contribution is 2.33. The van der Waals surface area contributed by atoms with E-state index in [2.05, 4.69) is 24.9 Å². The fourth-order valence-corrected chi connectivity index (χ4v) is 2.73. The van der Waals surface area contributed by atoms with Crippen molar-refractivity contribution >= 4 is 11.6 Å². The third-order valence-corrected chi connectivity index (χ3v) is 3.44. The first-order chi connectivity index (χ1) is 7.65. The van der Waals surface area contributed by atoms with Crippen LogP contribution in [0.3, 0.4) is 0 Å². The van der Waals surface area contributed by atoms with E-state index in [1.807, 2.05) is 0 Å². The average Bonchev–Trinajstić information content (AvgIpc) is 2.26. The van der Waals surface area contributed by atoms with E-state index in [0.29, 0.717) is 16.6 Å². The summed E-state index contributed by atoms with van der Waals surface area (Å²) in [7, 11) is 0. The van der Waals surface area contributed by atoms with E-state index in [1.54, 1.807) is 0 Å². The van der Waals surface area contributed by atoms with E-state index in [1.165, 1.54) is 18.4 Å². The topological polar surface area (TPSA) is 36.7 Å². The molecule has 0 N–H and O–H groups in total. The Morgan fingerprint density at radius 3 is 2.62 bits per heavy atom. The minimum atomic E-state index is 0.335. The highest BCUT2D eigenvalue weighted by atomic mass is 35.5. The molecule has 16 heavy (non-hydrogen) atoms. The molecular formula is C13H15ClN2. The van der Waals surface area contributed by atoms with Crippen LogP contribution in [-0.2, 0) is 12.8 Å². The van der Waals surface area contributed by atoms with Gasteiger partial charge in [0.25, 0.3) is 0 Å². The summed E-state index contributed by atoms with van der Waals surface area (Å²) < 4.78 is 0. The Morgan fingerprint density at radius 2 is 2.00 bits per heavy atom. The Morgan fingerprint density at radius 1 is 1.31 bits per heavy atom. The van der Waals surface area contributed by atoms with Gasteiger partial charge in [0, 0.05) is 5.69 Å². The average molecular weight is 235 g/mol. The first-order valence-electron chi connectivity index (χ1n) is 5.76. The standard InChI is InChI=1S/C13H15ClN2/c1-8(2)12-9-5-3-4-6-11(9)16-13(14)10(12)7-15/h8H,3-6H2,1-2H3. The van der Waals surface area contributed by atoms with Gasteiger partial charge in [-0.3, -0.25) is 0 Å². The highest BCUT2D eigenvalue weighted by Gasteiger charge is 2.22. The van der Waals surface area contributed by atoms with Gasteiger partial charge in [0.15, 0.2) is 0 Å². The van der Waals surface area contributed by atoms with Crippen molar-refractivity contribution in [3.05, 3.63) is 27.5 Å². The maximum absolute atomic E-state index is 9.18. The van der Waals surface area contributed by atoms with Crippen LogP contribution in [-0.4, -0.2) is 4.98 Å².